The lowest BCUT2D eigenvalue weighted by Crippen LogP contribution is -2.51. The Morgan fingerprint density at radius 2 is 1.47 bits per heavy atom. The van der Waals surface area contributed by atoms with Gasteiger partial charge >= 0.3 is 17.9 Å². The molecule has 1 saturated heterocycles. The van der Waals surface area contributed by atoms with Gasteiger partial charge in [-0.15, -0.1) is 0 Å². The van der Waals surface area contributed by atoms with E-state index in [2.05, 4.69) is 0 Å². The Bertz CT molecular complexity index is 365. The summed E-state index contributed by atoms with van der Waals surface area (Å²) in [5.74, 6) is -1.49. The third-order valence-electron chi connectivity index (χ3n) is 2.54. The minimum Gasteiger partial charge on any atom is -0.458 e. The van der Waals surface area contributed by atoms with Gasteiger partial charge in [-0.3, -0.25) is 14.4 Å². The summed E-state index contributed by atoms with van der Waals surface area (Å²) in [4.78, 5) is 33.0. The van der Waals surface area contributed by atoms with E-state index in [4.69, 9.17) is 18.9 Å². The molecule has 0 N–H and O–H groups in total. The summed E-state index contributed by atoms with van der Waals surface area (Å²) in [6, 6.07) is 0. The molecule has 108 valence electrons. The highest BCUT2D eigenvalue weighted by Gasteiger charge is 2.42. The Hall–Kier alpha value is -1.63. The van der Waals surface area contributed by atoms with Crippen molar-refractivity contribution in [1.29, 1.82) is 0 Å². The summed E-state index contributed by atoms with van der Waals surface area (Å²) in [6.45, 7) is 5.42. The van der Waals surface area contributed by atoms with E-state index in [1.807, 2.05) is 0 Å². The first-order chi connectivity index (χ1) is 8.79. The lowest BCUT2D eigenvalue weighted by molar-refractivity contribution is -0.250. The van der Waals surface area contributed by atoms with Crippen LogP contribution in [0.5, 0.6) is 0 Å². The molecule has 0 bridgehead atoms. The van der Waals surface area contributed by atoms with Gasteiger partial charge in [-0.2, -0.15) is 0 Å². The van der Waals surface area contributed by atoms with Gasteiger partial charge < -0.3 is 18.9 Å². The molecular weight excluding hydrogens is 256 g/mol. The number of carbonyl (C=O) groups is 3. The van der Waals surface area contributed by atoms with E-state index >= 15 is 0 Å². The molecule has 7 nitrogen and oxygen atoms in total. The van der Waals surface area contributed by atoms with Crippen molar-refractivity contribution >= 4 is 17.9 Å². The van der Waals surface area contributed by atoms with Crippen LogP contribution in [0.4, 0.5) is 0 Å². The van der Waals surface area contributed by atoms with Crippen LogP contribution in [0.1, 0.15) is 34.1 Å². The van der Waals surface area contributed by atoms with E-state index in [1.54, 1.807) is 6.92 Å². The highest BCUT2D eigenvalue weighted by molar-refractivity contribution is 5.67. The normalized spacial score (nSPS) is 30.3. The van der Waals surface area contributed by atoms with Gasteiger partial charge in [0.15, 0.2) is 6.10 Å². The van der Waals surface area contributed by atoms with Crippen LogP contribution < -0.4 is 0 Å². The smallest absolute Gasteiger partial charge is 0.304 e. The number of ether oxygens (including phenoxy) is 4. The molecule has 0 aliphatic carbocycles. The van der Waals surface area contributed by atoms with Crippen LogP contribution in [0.2, 0.25) is 0 Å². The van der Waals surface area contributed by atoms with Gasteiger partial charge in [0.1, 0.15) is 6.10 Å². The van der Waals surface area contributed by atoms with Crippen LogP contribution in [0.25, 0.3) is 0 Å². The Kier molecular flexibility index (Phi) is 5.29. The molecule has 1 fully saturated rings. The standard InChI is InChI=1S/C12H18O7/c1-6-12(19-9(4)15)10(17-7(2)13)5-11(16-6)18-8(3)14/h6,10-12H,5H2,1-4H3/t6-,10-,11+,12+/m1/s1. The van der Waals surface area contributed by atoms with E-state index in [1.165, 1.54) is 20.8 Å². The SMILES string of the molecule is CC(=O)O[C@H]1C[C@@H](OC(C)=O)[C@@H](OC(C)=O)[C@@H](C)O1. The van der Waals surface area contributed by atoms with Crippen molar-refractivity contribution < 1.29 is 33.3 Å². The van der Waals surface area contributed by atoms with Crippen LogP contribution in [0, 0.1) is 0 Å². The maximum Gasteiger partial charge on any atom is 0.304 e. The molecular formula is C12H18O7. The van der Waals surface area contributed by atoms with Crippen LogP contribution in [0.15, 0.2) is 0 Å². The molecule has 1 rings (SSSR count). The first-order valence-electron chi connectivity index (χ1n) is 5.96. The molecule has 1 aliphatic heterocycles. The van der Waals surface area contributed by atoms with Gasteiger partial charge in [0.05, 0.1) is 12.5 Å². The first kappa shape index (κ1) is 15.4. The minimum absolute atomic E-state index is 0.126. The van der Waals surface area contributed by atoms with E-state index in [-0.39, 0.29) is 6.42 Å². The predicted octanol–water partition coefficient (Wildman–Crippen LogP) is 0.548. The highest BCUT2D eigenvalue weighted by Crippen LogP contribution is 2.26. The van der Waals surface area contributed by atoms with Gasteiger partial charge in [0.2, 0.25) is 6.29 Å². The number of hydrogen-bond acceptors (Lipinski definition) is 7. The summed E-state index contributed by atoms with van der Waals surface area (Å²) >= 11 is 0. The van der Waals surface area contributed by atoms with Crippen LogP contribution in [-0.2, 0) is 33.3 Å². The zero-order valence-electron chi connectivity index (χ0n) is 11.4. The Morgan fingerprint density at radius 1 is 0.947 bits per heavy atom. The van der Waals surface area contributed by atoms with Crippen molar-refractivity contribution in [2.45, 2.75) is 58.7 Å². The second kappa shape index (κ2) is 6.51. The molecule has 0 radical (unpaired) electrons. The topological polar surface area (TPSA) is 88.1 Å². The van der Waals surface area contributed by atoms with Gasteiger partial charge in [0.25, 0.3) is 0 Å². The van der Waals surface area contributed by atoms with Crippen molar-refractivity contribution in [3.63, 3.8) is 0 Å². The zero-order chi connectivity index (χ0) is 14.6. The molecule has 4 atom stereocenters. The average molecular weight is 274 g/mol. The Morgan fingerprint density at radius 3 is 1.95 bits per heavy atom. The lowest BCUT2D eigenvalue weighted by Gasteiger charge is -2.38. The van der Waals surface area contributed by atoms with Crippen molar-refractivity contribution in [1.82, 2.24) is 0 Å². The molecule has 0 amide bonds. The van der Waals surface area contributed by atoms with Crippen molar-refractivity contribution in [2.75, 3.05) is 0 Å². The Balaban J connectivity index is 2.77. The zero-order valence-corrected chi connectivity index (χ0v) is 11.4. The van der Waals surface area contributed by atoms with Crippen molar-refractivity contribution in [2.24, 2.45) is 0 Å². The van der Waals surface area contributed by atoms with Gasteiger partial charge in [-0.05, 0) is 6.92 Å². The molecule has 0 saturated carbocycles. The molecule has 19 heavy (non-hydrogen) atoms. The minimum atomic E-state index is -0.816. The fourth-order valence-corrected chi connectivity index (χ4v) is 1.95. The van der Waals surface area contributed by atoms with E-state index in [9.17, 15) is 14.4 Å². The van der Waals surface area contributed by atoms with E-state index in [0.29, 0.717) is 0 Å². The largest absolute Gasteiger partial charge is 0.458 e. The molecule has 7 heteroatoms. The van der Waals surface area contributed by atoms with Gasteiger partial charge in [-0.25, -0.2) is 0 Å². The van der Waals surface area contributed by atoms with Crippen LogP contribution >= 0.6 is 0 Å². The molecule has 0 aromatic heterocycles. The van der Waals surface area contributed by atoms with E-state index in [0.717, 1.165) is 0 Å². The number of hydrogen-bond donors (Lipinski definition) is 0. The number of esters is 3. The monoisotopic (exact) mass is 274 g/mol. The summed E-state index contributed by atoms with van der Waals surface area (Å²) < 4.78 is 20.5. The number of rotatable bonds is 3. The van der Waals surface area contributed by atoms with Crippen LogP contribution in [-0.4, -0.2) is 42.5 Å². The van der Waals surface area contributed by atoms with Crippen molar-refractivity contribution in [3.05, 3.63) is 0 Å². The second-order valence-electron chi connectivity index (χ2n) is 4.34. The summed E-state index contributed by atoms with van der Waals surface area (Å²) in [6.07, 6.45) is -2.65. The van der Waals surface area contributed by atoms with Crippen molar-refractivity contribution in [3.8, 4) is 0 Å². The van der Waals surface area contributed by atoms with Gasteiger partial charge in [-0.1, -0.05) is 0 Å². The van der Waals surface area contributed by atoms with E-state index < -0.39 is 42.5 Å². The maximum absolute atomic E-state index is 11.1. The molecule has 0 unspecified atom stereocenters. The summed E-state index contributed by atoms with van der Waals surface area (Å²) in [7, 11) is 0. The van der Waals surface area contributed by atoms with Crippen LogP contribution in [0.3, 0.4) is 0 Å². The fourth-order valence-electron chi connectivity index (χ4n) is 1.95. The molecule has 0 aromatic carbocycles. The molecule has 1 heterocycles. The third-order valence-corrected chi connectivity index (χ3v) is 2.54. The highest BCUT2D eigenvalue weighted by atomic mass is 16.7. The Labute approximate surface area is 111 Å². The molecule has 1 aliphatic rings. The predicted molar refractivity (Wildman–Crippen MR) is 61.8 cm³/mol. The fraction of sp³-hybridized carbons (Fsp3) is 0.750. The maximum atomic E-state index is 11.1. The molecule has 0 spiro atoms. The quantitative estimate of drug-likeness (QED) is 0.548. The second-order valence-corrected chi connectivity index (χ2v) is 4.34. The van der Waals surface area contributed by atoms with Gasteiger partial charge in [0, 0.05) is 20.8 Å². The molecule has 0 aromatic rings. The summed E-state index contributed by atoms with van der Waals surface area (Å²) in [5, 5.41) is 0. The summed E-state index contributed by atoms with van der Waals surface area (Å²) in [5.41, 5.74) is 0. The lowest BCUT2D eigenvalue weighted by atomic mass is 10.0. The average Bonchev–Trinajstić information content (AvgIpc) is 2.21. The first-order valence-corrected chi connectivity index (χ1v) is 5.96. The third kappa shape index (κ3) is 4.86. The number of carbonyl (C=O) groups excluding carboxylic acids is 3.